The number of piperazine rings is 1. The van der Waals surface area contributed by atoms with Gasteiger partial charge in [-0.3, -0.25) is 4.90 Å². The van der Waals surface area contributed by atoms with Crippen molar-refractivity contribution in [1.82, 2.24) is 14.9 Å². The van der Waals surface area contributed by atoms with Gasteiger partial charge in [-0.15, -0.1) is 0 Å². The van der Waals surface area contributed by atoms with Crippen LogP contribution in [0.2, 0.25) is 5.28 Å². The molecule has 0 bridgehead atoms. The number of hydrogen-bond donors (Lipinski definition) is 0. The molecule has 1 aliphatic rings. The van der Waals surface area contributed by atoms with Gasteiger partial charge in [-0.1, -0.05) is 12.1 Å². The van der Waals surface area contributed by atoms with E-state index in [1.54, 1.807) is 0 Å². The van der Waals surface area contributed by atoms with Crippen LogP contribution in [0.15, 0.2) is 24.3 Å². The van der Waals surface area contributed by atoms with E-state index in [4.69, 9.17) is 11.6 Å². The zero-order chi connectivity index (χ0) is 14.1. The molecule has 0 N–H and O–H groups in total. The average molecular weight is 291 g/mol. The van der Waals surface area contributed by atoms with E-state index in [2.05, 4.69) is 39.7 Å². The molecule has 2 heterocycles. The quantitative estimate of drug-likeness (QED) is 0.796. The molecular formula is C15H19ClN4. The van der Waals surface area contributed by atoms with E-state index < -0.39 is 0 Å². The molecule has 5 heteroatoms. The Hall–Kier alpha value is -1.39. The molecule has 0 radical (unpaired) electrons. The maximum absolute atomic E-state index is 6.06. The zero-order valence-electron chi connectivity index (χ0n) is 11.9. The SMILES string of the molecule is CC(C)N1CCN(c2nc(Cl)nc3ccccc23)CC1. The number of rotatable bonds is 2. The van der Waals surface area contributed by atoms with Crippen molar-refractivity contribution in [3.8, 4) is 0 Å². The van der Waals surface area contributed by atoms with Crippen LogP contribution >= 0.6 is 11.6 Å². The molecule has 106 valence electrons. The molecule has 1 aromatic heterocycles. The molecule has 0 aliphatic carbocycles. The van der Waals surface area contributed by atoms with Crippen molar-refractivity contribution in [2.24, 2.45) is 0 Å². The third-order valence-corrected chi connectivity index (χ3v) is 4.07. The molecule has 0 unspecified atom stereocenters. The van der Waals surface area contributed by atoms with Crippen molar-refractivity contribution in [1.29, 1.82) is 0 Å². The van der Waals surface area contributed by atoms with Crippen LogP contribution in [0.1, 0.15) is 13.8 Å². The molecule has 20 heavy (non-hydrogen) atoms. The van der Waals surface area contributed by atoms with Gasteiger partial charge in [0.2, 0.25) is 5.28 Å². The first-order valence-electron chi connectivity index (χ1n) is 7.06. The van der Waals surface area contributed by atoms with Gasteiger partial charge in [-0.25, -0.2) is 4.98 Å². The average Bonchev–Trinajstić information content (AvgIpc) is 2.46. The minimum atomic E-state index is 0.324. The number of anilines is 1. The van der Waals surface area contributed by atoms with E-state index in [1.807, 2.05) is 18.2 Å². The van der Waals surface area contributed by atoms with Crippen LogP contribution in [0, 0.1) is 0 Å². The Morgan fingerprint density at radius 2 is 1.75 bits per heavy atom. The van der Waals surface area contributed by atoms with Crippen LogP contribution < -0.4 is 4.90 Å². The maximum atomic E-state index is 6.06. The van der Waals surface area contributed by atoms with Gasteiger partial charge in [0.1, 0.15) is 5.82 Å². The first kappa shape index (κ1) is 13.6. The van der Waals surface area contributed by atoms with Crippen LogP contribution in [0.25, 0.3) is 10.9 Å². The summed E-state index contributed by atoms with van der Waals surface area (Å²) in [5.41, 5.74) is 0.911. The summed E-state index contributed by atoms with van der Waals surface area (Å²) in [6.07, 6.45) is 0. The van der Waals surface area contributed by atoms with Crippen molar-refractivity contribution in [2.75, 3.05) is 31.1 Å². The van der Waals surface area contributed by atoms with Crippen molar-refractivity contribution in [3.63, 3.8) is 0 Å². The fourth-order valence-corrected chi connectivity index (χ4v) is 2.89. The highest BCUT2D eigenvalue weighted by Crippen LogP contribution is 2.26. The normalized spacial score (nSPS) is 17.1. The Morgan fingerprint density at radius 3 is 2.45 bits per heavy atom. The van der Waals surface area contributed by atoms with Crippen molar-refractivity contribution in [2.45, 2.75) is 19.9 Å². The first-order valence-corrected chi connectivity index (χ1v) is 7.44. The molecule has 1 fully saturated rings. The smallest absolute Gasteiger partial charge is 0.224 e. The Bertz CT molecular complexity index is 606. The summed E-state index contributed by atoms with van der Waals surface area (Å²) in [5, 5.41) is 1.40. The minimum absolute atomic E-state index is 0.324. The molecule has 0 spiro atoms. The Balaban J connectivity index is 1.91. The van der Waals surface area contributed by atoms with E-state index in [9.17, 15) is 0 Å². The summed E-state index contributed by atoms with van der Waals surface area (Å²) in [5.74, 6) is 0.962. The molecular weight excluding hydrogens is 272 g/mol. The maximum Gasteiger partial charge on any atom is 0.224 e. The predicted molar refractivity (Wildman–Crippen MR) is 83.5 cm³/mol. The van der Waals surface area contributed by atoms with Crippen LogP contribution in [0.3, 0.4) is 0 Å². The lowest BCUT2D eigenvalue weighted by Gasteiger charge is -2.37. The zero-order valence-corrected chi connectivity index (χ0v) is 12.6. The summed E-state index contributed by atoms with van der Waals surface area (Å²) in [6.45, 7) is 8.57. The molecule has 0 saturated carbocycles. The second-order valence-electron chi connectivity index (χ2n) is 5.45. The third-order valence-electron chi connectivity index (χ3n) is 3.90. The molecule has 1 saturated heterocycles. The number of hydrogen-bond acceptors (Lipinski definition) is 4. The first-order chi connectivity index (χ1) is 9.65. The summed E-state index contributed by atoms with van der Waals surface area (Å²) in [7, 11) is 0. The van der Waals surface area contributed by atoms with Gasteiger partial charge in [0.05, 0.1) is 5.52 Å². The largest absolute Gasteiger partial charge is 0.353 e. The number of nitrogens with zero attached hydrogens (tertiary/aromatic N) is 4. The molecule has 1 aromatic carbocycles. The van der Waals surface area contributed by atoms with Gasteiger partial charge >= 0.3 is 0 Å². The number of para-hydroxylation sites is 1. The Morgan fingerprint density at radius 1 is 1.05 bits per heavy atom. The highest BCUT2D eigenvalue weighted by Gasteiger charge is 2.21. The number of fused-ring (bicyclic) bond motifs is 1. The molecule has 1 aliphatic heterocycles. The highest BCUT2D eigenvalue weighted by atomic mass is 35.5. The summed E-state index contributed by atoms with van der Waals surface area (Å²) < 4.78 is 0. The van der Waals surface area contributed by atoms with Gasteiger partial charge in [-0.2, -0.15) is 4.98 Å². The lowest BCUT2D eigenvalue weighted by molar-refractivity contribution is 0.209. The highest BCUT2D eigenvalue weighted by molar-refractivity contribution is 6.28. The van der Waals surface area contributed by atoms with Crippen molar-refractivity contribution >= 4 is 28.3 Å². The number of aromatic nitrogens is 2. The van der Waals surface area contributed by atoms with Crippen LogP contribution in [0.5, 0.6) is 0 Å². The van der Waals surface area contributed by atoms with Crippen LogP contribution in [-0.2, 0) is 0 Å². The van der Waals surface area contributed by atoms with E-state index in [-0.39, 0.29) is 0 Å². The Labute approximate surface area is 124 Å². The van der Waals surface area contributed by atoms with Crippen molar-refractivity contribution < 1.29 is 0 Å². The fraction of sp³-hybridized carbons (Fsp3) is 0.467. The molecule has 4 nitrogen and oxygen atoms in total. The fourth-order valence-electron chi connectivity index (χ4n) is 2.72. The predicted octanol–water partition coefficient (Wildman–Crippen LogP) is 2.81. The topological polar surface area (TPSA) is 32.3 Å². The second-order valence-corrected chi connectivity index (χ2v) is 5.79. The molecule has 0 amide bonds. The van der Waals surface area contributed by atoms with Gasteiger partial charge in [-0.05, 0) is 37.6 Å². The molecule has 2 aromatic rings. The van der Waals surface area contributed by atoms with Crippen LogP contribution in [-0.4, -0.2) is 47.1 Å². The van der Waals surface area contributed by atoms with E-state index in [0.717, 1.165) is 42.9 Å². The van der Waals surface area contributed by atoms with Crippen LogP contribution in [0.4, 0.5) is 5.82 Å². The summed E-state index contributed by atoms with van der Waals surface area (Å²) >= 11 is 6.06. The van der Waals surface area contributed by atoms with Gasteiger partial charge in [0.25, 0.3) is 0 Å². The van der Waals surface area contributed by atoms with Crippen molar-refractivity contribution in [3.05, 3.63) is 29.5 Å². The third kappa shape index (κ3) is 2.58. The lowest BCUT2D eigenvalue weighted by Crippen LogP contribution is -2.49. The van der Waals surface area contributed by atoms with Gasteiger partial charge in [0, 0.05) is 37.6 Å². The van der Waals surface area contributed by atoms with E-state index >= 15 is 0 Å². The molecule has 0 atom stereocenters. The standard InChI is InChI=1S/C15H19ClN4/c1-11(2)19-7-9-20(10-8-19)14-12-5-3-4-6-13(12)17-15(16)18-14/h3-6,11H,7-10H2,1-2H3. The lowest BCUT2D eigenvalue weighted by atomic mass is 10.2. The summed E-state index contributed by atoms with van der Waals surface area (Å²) in [6, 6.07) is 8.65. The monoisotopic (exact) mass is 290 g/mol. The Kier molecular flexibility index (Phi) is 3.76. The van der Waals surface area contributed by atoms with Gasteiger partial charge in [0.15, 0.2) is 0 Å². The second kappa shape index (κ2) is 5.54. The van der Waals surface area contributed by atoms with E-state index in [0.29, 0.717) is 11.3 Å². The van der Waals surface area contributed by atoms with Gasteiger partial charge < -0.3 is 4.90 Å². The molecule has 3 rings (SSSR count). The number of benzene rings is 1. The minimum Gasteiger partial charge on any atom is -0.353 e. The number of halogens is 1. The van der Waals surface area contributed by atoms with E-state index in [1.165, 1.54) is 0 Å². The summed E-state index contributed by atoms with van der Waals surface area (Å²) in [4.78, 5) is 13.6.